The van der Waals surface area contributed by atoms with Crippen molar-refractivity contribution in [1.29, 1.82) is 0 Å². The number of rotatable bonds is 2. The van der Waals surface area contributed by atoms with Gasteiger partial charge in [0, 0.05) is 22.0 Å². The van der Waals surface area contributed by atoms with E-state index < -0.39 is 0 Å². The van der Waals surface area contributed by atoms with Crippen molar-refractivity contribution in [1.82, 2.24) is 0 Å². The first kappa shape index (κ1) is 14.6. The molecule has 19 heavy (non-hydrogen) atoms. The molecule has 0 unspecified atom stereocenters. The highest BCUT2D eigenvalue weighted by molar-refractivity contribution is 9.10. The third-order valence-electron chi connectivity index (χ3n) is 2.67. The minimum absolute atomic E-state index is 0.0418. The molecule has 0 aliphatic heterocycles. The van der Waals surface area contributed by atoms with Gasteiger partial charge in [-0.25, -0.2) is 0 Å². The number of hydrogen-bond donors (Lipinski definition) is 2. The lowest BCUT2D eigenvalue weighted by Crippen LogP contribution is -2.06. The molecule has 0 aliphatic rings. The summed E-state index contributed by atoms with van der Waals surface area (Å²) in [6.45, 7) is 0. The zero-order valence-corrected chi connectivity index (χ0v) is 12.7. The largest absolute Gasteiger partial charge is 0.508 e. The summed E-state index contributed by atoms with van der Waals surface area (Å²) in [5.74, 6) is 0.0299. The number of aromatic hydroxyl groups is 2. The Balaban J connectivity index is 2.47. The van der Waals surface area contributed by atoms with E-state index in [1.165, 1.54) is 6.07 Å². The monoisotopic (exact) mass is 356 g/mol. The molecule has 0 bridgehead atoms. The van der Waals surface area contributed by atoms with E-state index in [1.54, 1.807) is 18.2 Å². The highest BCUT2D eigenvalue weighted by Gasteiger charge is 2.12. The van der Waals surface area contributed by atoms with Gasteiger partial charge in [0.1, 0.15) is 19.3 Å². The summed E-state index contributed by atoms with van der Waals surface area (Å²) in [5.41, 5.74) is 1.29. The van der Waals surface area contributed by atoms with E-state index in [4.69, 9.17) is 31.0 Å². The summed E-state index contributed by atoms with van der Waals surface area (Å²) in [6, 6.07) is 6.28. The van der Waals surface area contributed by atoms with Gasteiger partial charge in [0.25, 0.3) is 0 Å². The van der Waals surface area contributed by atoms with Crippen LogP contribution in [0.25, 0.3) is 0 Å². The summed E-state index contributed by atoms with van der Waals surface area (Å²) in [5, 5.41) is 20.8. The van der Waals surface area contributed by atoms with E-state index in [2.05, 4.69) is 15.9 Å². The van der Waals surface area contributed by atoms with E-state index in [9.17, 15) is 10.2 Å². The maximum absolute atomic E-state index is 9.96. The van der Waals surface area contributed by atoms with Crippen molar-refractivity contribution in [3.8, 4) is 11.5 Å². The van der Waals surface area contributed by atoms with Crippen molar-refractivity contribution >= 4 is 52.4 Å². The SMILES string of the molecule is [B]c1cc(Cl)cc(Cc2cc(Cl)cc(Br)c2O)c1O. The molecule has 0 saturated heterocycles. The van der Waals surface area contributed by atoms with Crippen LogP contribution in [0.4, 0.5) is 0 Å². The van der Waals surface area contributed by atoms with Gasteiger partial charge in [-0.05, 0) is 45.8 Å². The fraction of sp³-hybridized carbons (Fsp3) is 0.0769. The van der Waals surface area contributed by atoms with Crippen molar-refractivity contribution in [3.63, 3.8) is 0 Å². The maximum Gasteiger partial charge on any atom is 0.133 e. The highest BCUT2D eigenvalue weighted by atomic mass is 79.9. The van der Waals surface area contributed by atoms with Crippen LogP contribution in [0, 0.1) is 0 Å². The number of benzene rings is 2. The Labute approximate surface area is 130 Å². The van der Waals surface area contributed by atoms with Crippen LogP contribution in [0.2, 0.25) is 10.0 Å². The average molecular weight is 358 g/mol. The van der Waals surface area contributed by atoms with E-state index in [0.29, 0.717) is 25.6 Å². The zero-order valence-electron chi connectivity index (χ0n) is 9.62. The summed E-state index contributed by atoms with van der Waals surface area (Å²) in [4.78, 5) is 0. The lowest BCUT2D eigenvalue weighted by Gasteiger charge is -2.11. The molecule has 0 amide bonds. The summed E-state index contributed by atoms with van der Waals surface area (Å²) in [6.07, 6.45) is 0.265. The lowest BCUT2D eigenvalue weighted by molar-refractivity contribution is 0.462. The minimum atomic E-state index is -0.0418. The number of halogens is 3. The molecule has 0 fully saturated rings. The van der Waals surface area contributed by atoms with Gasteiger partial charge < -0.3 is 10.2 Å². The molecule has 2 aromatic rings. The topological polar surface area (TPSA) is 40.5 Å². The molecule has 0 aliphatic carbocycles. The second-order valence-electron chi connectivity index (χ2n) is 4.07. The van der Waals surface area contributed by atoms with Crippen LogP contribution >= 0.6 is 39.1 Å². The van der Waals surface area contributed by atoms with Crippen molar-refractivity contribution in [2.45, 2.75) is 6.42 Å². The Bertz CT molecular complexity index is 592. The fourth-order valence-corrected chi connectivity index (χ4v) is 2.90. The maximum atomic E-state index is 9.96. The Morgan fingerprint density at radius 3 is 2.11 bits per heavy atom. The van der Waals surface area contributed by atoms with Crippen molar-refractivity contribution in [2.75, 3.05) is 0 Å². The first-order valence-electron chi connectivity index (χ1n) is 5.32. The Morgan fingerprint density at radius 1 is 0.947 bits per heavy atom. The molecule has 0 aromatic heterocycles. The quantitative estimate of drug-likeness (QED) is 0.807. The molecular formula is C13H8BBrCl2O2. The predicted molar refractivity (Wildman–Crippen MR) is 82.1 cm³/mol. The lowest BCUT2D eigenvalue weighted by atomic mass is 9.90. The second-order valence-corrected chi connectivity index (χ2v) is 5.80. The molecule has 2 nitrogen and oxygen atoms in total. The average Bonchev–Trinajstić information content (AvgIpc) is 2.31. The standard InChI is InChI=1S/C13H8BBrCl2O2/c14-10-4-8(16)2-6(12(10)18)1-7-3-9(17)5-11(15)13(7)19/h2-5,18-19H,1H2. The van der Waals surface area contributed by atoms with Crippen molar-refractivity contribution in [3.05, 3.63) is 49.9 Å². The molecule has 0 heterocycles. The molecular weight excluding hydrogens is 350 g/mol. The van der Waals surface area contributed by atoms with E-state index >= 15 is 0 Å². The number of phenols is 2. The number of hydrogen-bond acceptors (Lipinski definition) is 2. The van der Waals surface area contributed by atoms with Crippen LogP contribution in [-0.4, -0.2) is 18.1 Å². The minimum Gasteiger partial charge on any atom is -0.508 e. The molecule has 2 N–H and O–H groups in total. The molecule has 96 valence electrons. The van der Waals surface area contributed by atoms with Gasteiger partial charge in [0.2, 0.25) is 0 Å². The predicted octanol–water partition coefficient (Wildman–Crippen LogP) is 3.55. The third kappa shape index (κ3) is 3.19. The molecule has 2 radical (unpaired) electrons. The van der Waals surface area contributed by atoms with E-state index in [-0.39, 0.29) is 23.4 Å². The molecule has 6 heteroatoms. The Kier molecular flexibility index (Phi) is 4.34. The first-order valence-corrected chi connectivity index (χ1v) is 6.87. The van der Waals surface area contributed by atoms with Gasteiger partial charge in [-0.3, -0.25) is 0 Å². The Hall–Kier alpha value is -0.835. The van der Waals surface area contributed by atoms with Crippen LogP contribution in [0.1, 0.15) is 11.1 Å². The van der Waals surface area contributed by atoms with Crippen LogP contribution in [0.3, 0.4) is 0 Å². The fourth-order valence-electron chi connectivity index (χ4n) is 1.77. The number of phenolic OH excluding ortho intramolecular Hbond substituents is 2. The third-order valence-corrected chi connectivity index (χ3v) is 3.71. The van der Waals surface area contributed by atoms with Crippen molar-refractivity contribution < 1.29 is 10.2 Å². The first-order chi connectivity index (χ1) is 8.88. The summed E-state index contributed by atoms with van der Waals surface area (Å²) >= 11 is 15.0. The highest BCUT2D eigenvalue weighted by Crippen LogP contribution is 2.34. The molecule has 0 atom stereocenters. The van der Waals surface area contributed by atoms with Gasteiger partial charge in [0.05, 0.1) is 4.47 Å². The van der Waals surface area contributed by atoms with Crippen LogP contribution < -0.4 is 5.46 Å². The molecule has 2 aromatic carbocycles. The van der Waals surface area contributed by atoms with Crippen LogP contribution in [-0.2, 0) is 6.42 Å². The summed E-state index contributed by atoms with van der Waals surface area (Å²) in [7, 11) is 5.64. The van der Waals surface area contributed by atoms with Crippen LogP contribution in [0.5, 0.6) is 11.5 Å². The van der Waals surface area contributed by atoms with Crippen molar-refractivity contribution in [2.24, 2.45) is 0 Å². The van der Waals surface area contributed by atoms with Gasteiger partial charge in [0.15, 0.2) is 0 Å². The molecule has 2 rings (SSSR count). The molecule has 0 spiro atoms. The van der Waals surface area contributed by atoms with Gasteiger partial charge in [-0.1, -0.05) is 28.7 Å². The normalized spacial score (nSPS) is 10.7. The Morgan fingerprint density at radius 2 is 1.47 bits per heavy atom. The smallest absolute Gasteiger partial charge is 0.133 e. The zero-order chi connectivity index (χ0) is 14.2. The second kappa shape index (κ2) is 5.65. The van der Waals surface area contributed by atoms with Gasteiger partial charge in [-0.15, -0.1) is 0 Å². The van der Waals surface area contributed by atoms with Crippen LogP contribution in [0.15, 0.2) is 28.7 Å². The van der Waals surface area contributed by atoms with E-state index in [0.717, 1.165) is 0 Å². The van der Waals surface area contributed by atoms with Gasteiger partial charge >= 0.3 is 0 Å². The van der Waals surface area contributed by atoms with Gasteiger partial charge in [-0.2, -0.15) is 0 Å². The molecule has 0 saturated carbocycles. The van der Waals surface area contributed by atoms with E-state index in [1.807, 2.05) is 0 Å². The summed E-state index contributed by atoms with van der Waals surface area (Å²) < 4.78 is 0.490.